The van der Waals surface area contributed by atoms with Crippen LogP contribution in [0.4, 0.5) is 0 Å². The summed E-state index contributed by atoms with van der Waals surface area (Å²) in [5.41, 5.74) is 8.89. The zero-order valence-corrected chi connectivity index (χ0v) is 15.8. The van der Waals surface area contributed by atoms with Gasteiger partial charge in [0.2, 0.25) is 0 Å². The minimum atomic E-state index is 0.0171. The van der Waals surface area contributed by atoms with Crippen LogP contribution in [0, 0.1) is 0 Å². The van der Waals surface area contributed by atoms with Crippen molar-refractivity contribution in [3.8, 4) is 11.1 Å². The van der Waals surface area contributed by atoms with Gasteiger partial charge in [-0.05, 0) is 54.9 Å². The molecule has 126 valence electrons. The summed E-state index contributed by atoms with van der Waals surface area (Å²) in [5.74, 6) is 0. The molecule has 6 rings (SSSR count). The van der Waals surface area contributed by atoms with E-state index >= 15 is 0 Å². The van der Waals surface area contributed by atoms with Gasteiger partial charge in [0.05, 0.1) is 0 Å². The third kappa shape index (κ3) is 1.41. The number of hydrogen-bond donors (Lipinski definition) is 0. The van der Waals surface area contributed by atoms with Crippen molar-refractivity contribution in [2.75, 3.05) is 0 Å². The number of benzene rings is 4. The van der Waals surface area contributed by atoms with Crippen molar-refractivity contribution in [1.29, 1.82) is 0 Å². The lowest BCUT2D eigenvalue weighted by atomic mass is 9.60. The fraction of sp³-hybridized carbons (Fsp3) is 0.231. The molecule has 0 nitrogen and oxygen atoms in total. The number of rotatable bonds is 0. The highest BCUT2D eigenvalue weighted by Crippen LogP contribution is 2.58. The Balaban J connectivity index is 2.02. The van der Waals surface area contributed by atoms with E-state index in [1.165, 1.54) is 54.9 Å². The average Bonchev–Trinajstić information content (AvgIpc) is 2.63. The Morgan fingerprint density at radius 1 is 0.462 bits per heavy atom. The highest BCUT2D eigenvalue weighted by molar-refractivity contribution is 6.15. The molecule has 0 N–H and O–H groups in total. The van der Waals surface area contributed by atoms with E-state index in [2.05, 4.69) is 88.4 Å². The van der Waals surface area contributed by atoms with Crippen molar-refractivity contribution in [3.05, 3.63) is 82.9 Å². The normalized spacial score (nSPS) is 17.8. The predicted molar refractivity (Wildman–Crippen MR) is 111 cm³/mol. The molecule has 0 atom stereocenters. The molecule has 2 aliphatic carbocycles. The summed E-state index contributed by atoms with van der Waals surface area (Å²) >= 11 is 0. The Labute approximate surface area is 154 Å². The van der Waals surface area contributed by atoms with Crippen molar-refractivity contribution < 1.29 is 0 Å². The molecule has 0 amide bonds. The van der Waals surface area contributed by atoms with E-state index in [9.17, 15) is 0 Å². The van der Waals surface area contributed by atoms with Crippen molar-refractivity contribution >= 4 is 21.5 Å². The van der Waals surface area contributed by atoms with Gasteiger partial charge in [0.1, 0.15) is 0 Å². The smallest absolute Gasteiger partial charge is 0.0159 e. The van der Waals surface area contributed by atoms with E-state index in [1.54, 1.807) is 0 Å². The molecule has 4 aromatic carbocycles. The SMILES string of the molecule is CC1(C)c2ccc3cccc4c3c2-c2c(ccc3cccc1c23)C4(C)C. The van der Waals surface area contributed by atoms with Crippen LogP contribution in [-0.4, -0.2) is 0 Å². The van der Waals surface area contributed by atoms with Crippen LogP contribution in [0.3, 0.4) is 0 Å². The second-order valence-corrected chi connectivity index (χ2v) is 9.03. The maximum atomic E-state index is 2.39. The molecule has 0 spiro atoms. The molecule has 0 fully saturated rings. The highest BCUT2D eigenvalue weighted by Gasteiger charge is 2.41. The zero-order chi connectivity index (χ0) is 17.8. The van der Waals surface area contributed by atoms with Crippen LogP contribution in [0.2, 0.25) is 0 Å². The van der Waals surface area contributed by atoms with Crippen LogP contribution in [0.1, 0.15) is 49.9 Å². The largest absolute Gasteiger partial charge is 0.0613 e. The van der Waals surface area contributed by atoms with Crippen LogP contribution in [0.25, 0.3) is 32.7 Å². The lowest BCUT2D eigenvalue weighted by molar-refractivity contribution is 0.627. The van der Waals surface area contributed by atoms with E-state index in [0.717, 1.165) is 0 Å². The summed E-state index contributed by atoms with van der Waals surface area (Å²) in [5, 5.41) is 5.68. The van der Waals surface area contributed by atoms with Gasteiger partial charge in [-0.2, -0.15) is 0 Å². The number of hydrogen-bond acceptors (Lipinski definition) is 0. The molecule has 26 heavy (non-hydrogen) atoms. The van der Waals surface area contributed by atoms with Crippen LogP contribution in [-0.2, 0) is 10.8 Å². The minimum Gasteiger partial charge on any atom is -0.0613 e. The molecular formula is C26H22. The van der Waals surface area contributed by atoms with E-state index in [-0.39, 0.29) is 10.8 Å². The van der Waals surface area contributed by atoms with E-state index in [1.807, 2.05) is 0 Å². The summed E-state index contributed by atoms with van der Waals surface area (Å²) in [4.78, 5) is 0. The second-order valence-electron chi connectivity index (χ2n) is 9.03. The molecule has 0 saturated carbocycles. The Morgan fingerprint density at radius 3 is 1.31 bits per heavy atom. The fourth-order valence-corrected chi connectivity index (χ4v) is 5.65. The van der Waals surface area contributed by atoms with Crippen molar-refractivity contribution in [1.82, 2.24) is 0 Å². The third-order valence-electron chi connectivity index (χ3n) is 7.03. The molecule has 0 radical (unpaired) electrons. The molecular weight excluding hydrogens is 312 g/mol. The van der Waals surface area contributed by atoms with E-state index in [4.69, 9.17) is 0 Å². The van der Waals surface area contributed by atoms with Crippen LogP contribution in [0.5, 0.6) is 0 Å². The first-order valence-corrected chi connectivity index (χ1v) is 9.56. The Kier molecular flexibility index (Phi) is 2.35. The topological polar surface area (TPSA) is 0 Å². The van der Waals surface area contributed by atoms with Crippen molar-refractivity contribution in [2.45, 2.75) is 38.5 Å². The summed E-state index contributed by atoms with van der Waals surface area (Å²) in [6.45, 7) is 9.55. The monoisotopic (exact) mass is 334 g/mol. The van der Waals surface area contributed by atoms with Gasteiger partial charge in [0.15, 0.2) is 0 Å². The lowest BCUT2D eigenvalue weighted by Crippen LogP contribution is -2.30. The Hall–Kier alpha value is -2.60. The molecule has 0 unspecified atom stereocenters. The van der Waals surface area contributed by atoms with Gasteiger partial charge < -0.3 is 0 Å². The zero-order valence-electron chi connectivity index (χ0n) is 15.8. The molecule has 0 aliphatic heterocycles. The minimum absolute atomic E-state index is 0.0171. The van der Waals surface area contributed by atoms with Gasteiger partial charge >= 0.3 is 0 Å². The molecule has 0 bridgehead atoms. The Morgan fingerprint density at radius 2 is 0.885 bits per heavy atom. The van der Waals surface area contributed by atoms with Crippen molar-refractivity contribution in [2.24, 2.45) is 0 Å². The first-order valence-electron chi connectivity index (χ1n) is 9.56. The second kappa shape index (κ2) is 4.20. The molecule has 0 heteroatoms. The van der Waals surface area contributed by atoms with Gasteiger partial charge in [-0.25, -0.2) is 0 Å². The maximum Gasteiger partial charge on any atom is 0.0159 e. The standard InChI is InChI=1S/C26H22/c1-25(2)17-9-5-7-15-12-14-20-24(21(15)17)23-19(25)13-11-16-8-6-10-18(22(16)23)26(20,3)4/h5-14H,1-4H3. The lowest BCUT2D eigenvalue weighted by Gasteiger charge is -2.43. The third-order valence-corrected chi connectivity index (χ3v) is 7.03. The van der Waals surface area contributed by atoms with Crippen LogP contribution >= 0.6 is 0 Å². The predicted octanol–water partition coefficient (Wildman–Crippen LogP) is 6.94. The Bertz CT molecular complexity index is 1170. The molecule has 0 saturated heterocycles. The summed E-state index contributed by atoms with van der Waals surface area (Å²) in [7, 11) is 0. The first kappa shape index (κ1) is 14.6. The quantitative estimate of drug-likeness (QED) is 0.327. The van der Waals surface area contributed by atoms with E-state index < -0.39 is 0 Å². The van der Waals surface area contributed by atoms with Gasteiger partial charge in [-0.1, -0.05) is 88.4 Å². The molecule has 2 aliphatic rings. The van der Waals surface area contributed by atoms with Gasteiger partial charge in [0, 0.05) is 10.8 Å². The molecule has 0 heterocycles. The molecule has 4 aromatic rings. The summed E-state index contributed by atoms with van der Waals surface area (Å²) < 4.78 is 0. The van der Waals surface area contributed by atoms with E-state index in [0.29, 0.717) is 0 Å². The van der Waals surface area contributed by atoms with Crippen molar-refractivity contribution in [3.63, 3.8) is 0 Å². The van der Waals surface area contributed by atoms with Gasteiger partial charge in [-0.15, -0.1) is 0 Å². The fourth-order valence-electron chi connectivity index (χ4n) is 5.65. The van der Waals surface area contributed by atoms with Gasteiger partial charge in [0.25, 0.3) is 0 Å². The maximum absolute atomic E-state index is 2.39. The first-order chi connectivity index (χ1) is 12.4. The summed E-state index contributed by atoms with van der Waals surface area (Å²) in [6.07, 6.45) is 0. The molecule has 0 aromatic heterocycles. The highest BCUT2D eigenvalue weighted by atomic mass is 14.4. The summed E-state index contributed by atoms with van der Waals surface area (Å²) in [6, 6.07) is 23.1. The van der Waals surface area contributed by atoms with Crippen LogP contribution < -0.4 is 0 Å². The van der Waals surface area contributed by atoms with Crippen LogP contribution in [0.15, 0.2) is 60.7 Å². The van der Waals surface area contributed by atoms with Gasteiger partial charge in [-0.3, -0.25) is 0 Å². The average molecular weight is 334 g/mol.